The summed E-state index contributed by atoms with van der Waals surface area (Å²) >= 11 is 0. The van der Waals surface area contributed by atoms with E-state index in [2.05, 4.69) is 10.3 Å². The van der Waals surface area contributed by atoms with Gasteiger partial charge in [0.25, 0.3) is 0 Å². The quantitative estimate of drug-likeness (QED) is 0.909. The van der Waals surface area contributed by atoms with Crippen LogP contribution >= 0.6 is 0 Å². The van der Waals surface area contributed by atoms with Gasteiger partial charge < -0.3 is 14.8 Å². The predicted molar refractivity (Wildman–Crippen MR) is 91.6 cm³/mol. The van der Waals surface area contributed by atoms with Crippen molar-refractivity contribution < 1.29 is 9.59 Å². The van der Waals surface area contributed by atoms with Gasteiger partial charge in [0.15, 0.2) is 0 Å². The summed E-state index contributed by atoms with van der Waals surface area (Å²) in [5.41, 5.74) is 3.15. The zero-order chi connectivity index (χ0) is 17.1. The second-order valence-corrected chi connectivity index (χ2v) is 6.22. The Hall–Kier alpha value is -2.63. The smallest absolute Gasteiger partial charge is 0.227 e. The highest BCUT2D eigenvalue weighted by atomic mass is 16.2. The van der Waals surface area contributed by atoms with E-state index in [9.17, 15) is 9.59 Å². The molecule has 1 aromatic heterocycles. The maximum Gasteiger partial charge on any atom is 0.227 e. The molecule has 0 spiro atoms. The summed E-state index contributed by atoms with van der Waals surface area (Å²) in [5, 5.41) is 2.92. The van der Waals surface area contributed by atoms with Crippen molar-refractivity contribution in [2.75, 3.05) is 18.0 Å². The van der Waals surface area contributed by atoms with Crippen LogP contribution in [-0.2, 0) is 16.1 Å². The molecule has 0 aliphatic carbocycles. The third kappa shape index (κ3) is 3.32. The maximum absolute atomic E-state index is 12.3. The number of aromatic nitrogens is 2. The molecule has 1 aromatic carbocycles. The zero-order valence-electron chi connectivity index (χ0n) is 14.0. The van der Waals surface area contributed by atoms with E-state index in [0.717, 1.165) is 16.8 Å². The van der Waals surface area contributed by atoms with Gasteiger partial charge in [-0.3, -0.25) is 9.59 Å². The molecule has 1 atom stereocenters. The van der Waals surface area contributed by atoms with E-state index in [4.69, 9.17) is 0 Å². The third-order valence-electron chi connectivity index (χ3n) is 4.59. The Labute approximate surface area is 141 Å². The van der Waals surface area contributed by atoms with Crippen LogP contribution in [0.1, 0.15) is 17.5 Å². The van der Waals surface area contributed by atoms with Gasteiger partial charge in [0.2, 0.25) is 11.8 Å². The van der Waals surface area contributed by atoms with Gasteiger partial charge in [0, 0.05) is 44.1 Å². The fraction of sp³-hybridized carbons (Fsp3) is 0.389. The Bertz CT molecular complexity index is 739. The first-order valence-corrected chi connectivity index (χ1v) is 8.16. The number of nitrogens with zero attached hydrogens (tertiary/aromatic N) is 3. The lowest BCUT2D eigenvalue weighted by Crippen LogP contribution is -2.34. The molecular formula is C18H22N4O2. The molecule has 2 aromatic rings. The van der Waals surface area contributed by atoms with Crippen LogP contribution in [0.15, 0.2) is 36.9 Å². The fourth-order valence-electron chi connectivity index (χ4n) is 3.02. The molecular weight excluding hydrogens is 304 g/mol. The number of amides is 2. The summed E-state index contributed by atoms with van der Waals surface area (Å²) in [6.07, 6.45) is 5.55. The number of carbonyl (C=O) groups is 2. The number of imidazole rings is 1. The van der Waals surface area contributed by atoms with Crippen LogP contribution in [-0.4, -0.2) is 34.5 Å². The number of benzene rings is 1. The van der Waals surface area contributed by atoms with Gasteiger partial charge in [-0.25, -0.2) is 4.98 Å². The van der Waals surface area contributed by atoms with Crippen LogP contribution < -0.4 is 10.2 Å². The van der Waals surface area contributed by atoms with Crippen molar-refractivity contribution in [1.82, 2.24) is 14.9 Å². The molecule has 2 amide bonds. The van der Waals surface area contributed by atoms with Crippen LogP contribution in [0.25, 0.3) is 0 Å². The average molecular weight is 326 g/mol. The molecule has 1 unspecified atom stereocenters. The molecule has 126 valence electrons. The Kier molecular flexibility index (Phi) is 4.64. The van der Waals surface area contributed by atoms with Crippen LogP contribution in [0, 0.1) is 19.8 Å². The minimum atomic E-state index is -0.291. The second kappa shape index (κ2) is 6.86. The third-order valence-corrected chi connectivity index (χ3v) is 4.59. The molecule has 1 aliphatic heterocycles. The Morgan fingerprint density at radius 3 is 2.96 bits per heavy atom. The van der Waals surface area contributed by atoms with Crippen molar-refractivity contribution in [2.45, 2.75) is 26.8 Å². The van der Waals surface area contributed by atoms with Crippen molar-refractivity contribution in [3.63, 3.8) is 0 Å². The monoisotopic (exact) mass is 326 g/mol. The molecule has 0 saturated carbocycles. The number of nitrogens with one attached hydrogen (secondary N) is 1. The molecule has 24 heavy (non-hydrogen) atoms. The average Bonchev–Trinajstić information content (AvgIpc) is 3.20. The van der Waals surface area contributed by atoms with E-state index in [1.807, 2.05) is 42.8 Å². The van der Waals surface area contributed by atoms with E-state index in [-0.39, 0.29) is 24.2 Å². The van der Waals surface area contributed by atoms with Crippen molar-refractivity contribution in [2.24, 2.45) is 5.92 Å². The van der Waals surface area contributed by atoms with Crippen LogP contribution in [0.5, 0.6) is 0 Å². The summed E-state index contributed by atoms with van der Waals surface area (Å²) in [6, 6.07) is 5.92. The van der Waals surface area contributed by atoms with Gasteiger partial charge >= 0.3 is 0 Å². The summed E-state index contributed by atoms with van der Waals surface area (Å²) in [7, 11) is 0. The van der Waals surface area contributed by atoms with Crippen LogP contribution in [0.2, 0.25) is 0 Å². The minimum absolute atomic E-state index is 0.0125. The van der Waals surface area contributed by atoms with Gasteiger partial charge in [0.05, 0.1) is 12.2 Å². The molecule has 1 N–H and O–H groups in total. The zero-order valence-corrected chi connectivity index (χ0v) is 14.0. The number of hydrogen-bond donors (Lipinski definition) is 1. The summed E-state index contributed by atoms with van der Waals surface area (Å²) < 4.78 is 1.91. The Morgan fingerprint density at radius 2 is 2.21 bits per heavy atom. The molecule has 3 rings (SSSR count). The largest absolute Gasteiger partial charge is 0.354 e. The maximum atomic E-state index is 12.3. The molecule has 0 radical (unpaired) electrons. The normalized spacial score (nSPS) is 17.3. The van der Waals surface area contributed by atoms with Gasteiger partial charge in [-0.2, -0.15) is 0 Å². The highest BCUT2D eigenvalue weighted by molar-refractivity contribution is 6.00. The number of aryl methyl sites for hydroxylation is 1. The first-order chi connectivity index (χ1) is 11.6. The van der Waals surface area contributed by atoms with E-state index in [1.165, 1.54) is 0 Å². The number of carbonyl (C=O) groups excluding carboxylic acids is 2. The summed E-state index contributed by atoms with van der Waals surface area (Å²) in [5.74, 6) is -0.338. The van der Waals surface area contributed by atoms with Gasteiger partial charge in [-0.1, -0.05) is 12.1 Å². The number of anilines is 1. The first kappa shape index (κ1) is 16.2. The van der Waals surface area contributed by atoms with E-state index in [1.54, 1.807) is 17.4 Å². The lowest BCUT2D eigenvalue weighted by molar-refractivity contribution is -0.126. The van der Waals surface area contributed by atoms with Crippen LogP contribution in [0.4, 0.5) is 5.69 Å². The lowest BCUT2D eigenvalue weighted by atomic mass is 10.1. The van der Waals surface area contributed by atoms with Crippen LogP contribution in [0.3, 0.4) is 0 Å². The molecule has 1 fully saturated rings. The topological polar surface area (TPSA) is 67.2 Å². The molecule has 1 saturated heterocycles. The van der Waals surface area contributed by atoms with E-state index >= 15 is 0 Å². The minimum Gasteiger partial charge on any atom is -0.354 e. The van der Waals surface area contributed by atoms with Crippen molar-refractivity contribution in [1.29, 1.82) is 0 Å². The lowest BCUT2D eigenvalue weighted by Gasteiger charge is -2.20. The molecule has 2 heterocycles. The molecule has 6 nitrogen and oxygen atoms in total. The van der Waals surface area contributed by atoms with Gasteiger partial charge in [0.1, 0.15) is 0 Å². The van der Waals surface area contributed by atoms with Crippen molar-refractivity contribution in [3.05, 3.63) is 48.0 Å². The Balaban J connectivity index is 1.59. The molecule has 6 heteroatoms. The predicted octanol–water partition coefficient (Wildman–Crippen LogP) is 1.67. The van der Waals surface area contributed by atoms with Gasteiger partial charge in [-0.15, -0.1) is 0 Å². The standard InChI is InChI=1S/C18H22N4O2/c1-13-4-3-5-16(14(13)2)22-11-15(10-17(22)23)18(24)20-7-9-21-8-6-19-12-21/h3-6,8,12,15H,7,9-11H2,1-2H3,(H,20,24). The number of rotatable bonds is 5. The first-order valence-electron chi connectivity index (χ1n) is 8.16. The SMILES string of the molecule is Cc1cccc(N2CC(C(=O)NCCn3ccnc3)CC2=O)c1C. The summed E-state index contributed by atoms with van der Waals surface area (Å²) in [4.78, 5) is 30.4. The number of hydrogen-bond acceptors (Lipinski definition) is 3. The second-order valence-electron chi connectivity index (χ2n) is 6.22. The highest BCUT2D eigenvalue weighted by Crippen LogP contribution is 2.29. The molecule has 0 bridgehead atoms. The van der Waals surface area contributed by atoms with E-state index in [0.29, 0.717) is 19.6 Å². The Morgan fingerprint density at radius 1 is 1.38 bits per heavy atom. The fourth-order valence-corrected chi connectivity index (χ4v) is 3.02. The highest BCUT2D eigenvalue weighted by Gasteiger charge is 2.35. The van der Waals surface area contributed by atoms with Crippen molar-refractivity contribution >= 4 is 17.5 Å². The van der Waals surface area contributed by atoms with Gasteiger partial charge in [-0.05, 0) is 31.0 Å². The molecule has 1 aliphatic rings. The van der Waals surface area contributed by atoms with E-state index < -0.39 is 0 Å². The van der Waals surface area contributed by atoms with Crippen molar-refractivity contribution in [3.8, 4) is 0 Å². The summed E-state index contributed by atoms with van der Waals surface area (Å²) in [6.45, 7) is 5.69.